The second kappa shape index (κ2) is 5.80. The summed E-state index contributed by atoms with van der Waals surface area (Å²) in [6.45, 7) is 0. The monoisotopic (exact) mass is 355 g/mol. The number of aromatic nitrogens is 2. The van der Waals surface area contributed by atoms with E-state index in [1.54, 1.807) is 0 Å². The van der Waals surface area contributed by atoms with Crippen LogP contribution in [0.5, 0.6) is 0 Å². The Balaban J connectivity index is 2.53. The predicted octanol–water partition coefficient (Wildman–Crippen LogP) is 3.70. The molecule has 0 bridgehead atoms. The summed E-state index contributed by atoms with van der Waals surface area (Å²) in [5, 5.41) is 1.98. The summed E-state index contributed by atoms with van der Waals surface area (Å²) < 4.78 is 90.4. The van der Waals surface area contributed by atoms with Gasteiger partial charge in [0.1, 0.15) is 0 Å². The van der Waals surface area contributed by atoms with Gasteiger partial charge in [-0.2, -0.15) is 26.3 Å². The molecule has 0 atom stereocenters. The number of rotatable bonds is 2. The van der Waals surface area contributed by atoms with Gasteiger partial charge in [-0.05, 0) is 12.1 Å². The number of nitrogens with one attached hydrogen (secondary N) is 1. The lowest BCUT2D eigenvalue weighted by molar-refractivity contribution is -0.141. The molecule has 0 aliphatic carbocycles. The number of halogens is 7. The van der Waals surface area contributed by atoms with E-state index in [9.17, 15) is 35.5 Å². The van der Waals surface area contributed by atoms with E-state index in [1.165, 1.54) is 0 Å². The summed E-state index contributed by atoms with van der Waals surface area (Å²) in [4.78, 5) is 14.6. The smallest absolute Gasteiger partial charge is 0.323 e. The van der Waals surface area contributed by atoms with Crippen molar-refractivity contribution in [1.29, 1.82) is 0 Å². The zero-order chi connectivity index (χ0) is 18.3. The van der Waals surface area contributed by atoms with Crippen molar-refractivity contribution in [3.8, 4) is 0 Å². The average Bonchev–Trinajstić information content (AvgIpc) is 2.43. The Hall–Kier alpha value is -2.59. The van der Waals surface area contributed by atoms with E-state index in [2.05, 4.69) is 4.98 Å². The Kier molecular flexibility index (Phi) is 4.29. The maximum atomic E-state index is 13.9. The summed E-state index contributed by atoms with van der Waals surface area (Å²) in [6.07, 6.45) is -9.94. The minimum absolute atomic E-state index is 0.216. The molecular formula is C13H8F7N3O. The lowest BCUT2D eigenvalue weighted by Gasteiger charge is -2.15. The van der Waals surface area contributed by atoms with Crippen molar-refractivity contribution in [2.24, 2.45) is 7.05 Å². The zero-order valence-electron chi connectivity index (χ0n) is 11.8. The van der Waals surface area contributed by atoms with Crippen LogP contribution in [0.4, 0.5) is 42.4 Å². The molecule has 1 aromatic carbocycles. The second-order valence-electron chi connectivity index (χ2n) is 4.65. The molecule has 2 aromatic rings. The van der Waals surface area contributed by atoms with Gasteiger partial charge in [-0.25, -0.2) is 9.37 Å². The van der Waals surface area contributed by atoms with Crippen LogP contribution in [0.15, 0.2) is 29.1 Å². The van der Waals surface area contributed by atoms with Gasteiger partial charge < -0.3 is 5.32 Å². The molecule has 1 N–H and O–H groups in total. The van der Waals surface area contributed by atoms with Crippen molar-refractivity contribution in [3.05, 3.63) is 51.7 Å². The quantitative estimate of drug-likeness (QED) is 0.836. The van der Waals surface area contributed by atoms with Crippen LogP contribution in [0.1, 0.15) is 11.3 Å². The number of nitrogens with zero attached hydrogens (tertiary/aromatic N) is 2. The maximum Gasteiger partial charge on any atom is 0.433 e. The minimum Gasteiger partial charge on any atom is -0.323 e. The van der Waals surface area contributed by atoms with E-state index in [1.807, 2.05) is 5.32 Å². The van der Waals surface area contributed by atoms with Gasteiger partial charge in [0.15, 0.2) is 11.5 Å². The number of alkyl halides is 6. The normalized spacial score (nSPS) is 12.3. The first-order valence-electron chi connectivity index (χ1n) is 6.19. The molecule has 0 aliphatic heterocycles. The fraction of sp³-hybridized carbons (Fsp3) is 0.231. The summed E-state index contributed by atoms with van der Waals surface area (Å²) >= 11 is 0. The van der Waals surface area contributed by atoms with Crippen molar-refractivity contribution in [2.75, 3.05) is 5.32 Å². The molecule has 0 fully saturated rings. The van der Waals surface area contributed by atoms with Gasteiger partial charge in [-0.1, -0.05) is 6.07 Å². The molecule has 1 aromatic heterocycles. The highest BCUT2D eigenvalue weighted by atomic mass is 19.4. The molecular weight excluding hydrogens is 347 g/mol. The molecule has 0 unspecified atom stereocenters. The van der Waals surface area contributed by atoms with Gasteiger partial charge in [0.25, 0.3) is 5.56 Å². The Bertz CT molecular complexity index is 824. The maximum absolute atomic E-state index is 13.9. The van der Waals surface area contributed by atoms with Crippen molar-refractivity contribution in [3.63, 3.8) is 0 Å². The summed E-state index contributed by atoms with van der Waals surface area (Å²) in [7, 11) is 1.03. The second-order valence-corrected chi connectivity index (χ2v) is 4.65. The predicted molar refractivity (Wildman–Crippen MR) is 69.2 cm³/mol. The third kappa shape index (κ3) is 3.49. The van der Waals surface area contributed by atoms with Gasteiger partial charge in [-0.15, -0.1) is 0 Å². The SMILES string of the molecule is Cn1c(Nc2cccc(C(F)(F)F)c2F)nc(C(F)(F)F)cc1=O. The molecule has 0 aliphatic rings. The summed E-state index contributed by atoms with van der Waals surface area (Å²) in [5.41, 5.74) is -5.05. The summed E-state index contributed by atoms with van der Waals surface area (Å²) in [6, 6.07) is 2.42. The molecule has 11 heteroatoms. The lowest BCUT2D eigenvalue weighted by atomic mass is 10.2. The van der Waals surface area contributed by atoms with Gasteiger partial charge in [0, 0.05) is 13.1 Å². The third-order valence-corrected chi connectivity index (χ3v) is 2.98. The number of benzene rings is 1. The summed E-state index contributed by atoms with van der Waals surface area (Å²) in [5.74, 6) is -2.48. The molecule has 4 nitrogen and oxygen atoms in total. The van der Waals surface area contributed by atoms with Crippen LogP contribution in [0.25, 0.3) is 0 Å². The van der Waals surface area contributed by atoms with Gasteiger partial charge in [0.05, 0.1) is 11.3 Å². The van der Waals surface area contributed by atoms with E-state index in [-0.39, 0.29) is 6.07 Å². The number of anilines is 2. The minimum atomic E-state index is -4.99. The van der Waals surface area contributed by atoms with Crippen LogP contribution in [0, 0.1) is 5.82 Å². The third-order valence-electron chi connectivity index (χ3n) is 2.98. The van der Waals surface area contributed by atoms with Gasteiger partial charge in [0.2, 0.25) is 5.95 Å². The van der Waals surface area contributed by atoms with E-state index in [0.29, 0.717) is 10.6 Å². The first-order valence-corrected chi connectivity index (χ1v) is 6.19. The Morgan fingerprint density at radius 1 is 1.08 bits per heavy atom. The molecule has 130 valence electrons. The first kappa shape index (κ1) is 17.8. The molecule has 0 saturated heterocycles. The zero-order valence-corrected chi connectivity index (χ0v) is 11.8. The van der Waals surface area contributed by atoms with Crippen LogP contribution in [0.3, 0.4) is 0 Å². The van der Waals surface area contributed by atoms with Crippen molar-refractivity contribution >= 4 is 11.6 Å². The molecule has 2 rings (SSSR count). The van der Waals surface area contributed by atoms with Crippen LogP contribution in [-0.4, -0.2) is 9.55 Å². The van der Waals surface area contributed by atoms with Crippen molar-refractivity contribution < 1.29 is 30.7 Å². The van der Waals surface area contributed by atoms with Gasteiger partial charge in [-0.3, -0.25) is 9.36 Å². The van der Waals surface area contributed by atoms with Crippen molar-refractivity contribution in [2.45, 2.75) is 12.4 Å². The Morgan fingerprint density at radius 3 is 2.25 bits per heavy atom. The van der Waals surface area contributed by atoms with Crippen LogP contribution < -0.4 is 10.9 Å². The molecule has 0 saturated carbocycles. The van der Waals surface area contributed by atoms with E-state index < -0.39 is 46.6 Å². The van der Waals surface area contributed by atoms with E-state index in [4.69, 9.17) is 0 Å². The first-order chi connectivity index (χ1) is 10.9. The highest BCUT2D eigenvalue weighted by Crippen LogP contribution is 2.34. The average molecular weight is 355 g/mol. The standard InChI is InChI=1S/C13H8F7N3O/c1-23-9(24)5-8(13(18,19)20)22-11(23)21-7-4-2-3-6(10(7)14)12(15,16)17/h2-5H,1H3,(H,21,22). The highest BCUT2D eigenvalue weighted by molar-refractivity contribution is 5.56. The van der Waals surface area contributed by atoms with E-state index in [0.717, 1.165) is 19.2 Å². The van der Waals surface area contributed by atoms with Crippen LogP contribution >= 0.6 is 0 Å². The molecule has 24 heavy (non-hydrogen) atoms. The topological polar surface area (TPSA) is 46.9 Å². The number of hydrogen-bond acceptors (Lipinski definition) is 3. The molecule has 0 spiro atoms. The molecule has 1 heterocycles. The van der Waals surface area contributed by atoms with Gasteiger partial charge >= 0.3 is 12.4 Å². The lowest BCUT2D eigenvalue weighted by Crippen LogP contribution is -2.24. The highest BCUT2D eigenvalue weighted by Gasteiger charge is 2.36. The Labute approximate surface area is 129 Å². The van der Waals surface area contributed by atoms with E-state index >= 15 is 0 Å². The molecule has 0 radical (unpaired) electrons. The fourth-order valence-electron chi connectivity index (χ4n) is 1.76. The molecule has 0 amide bonds. The largest absolute Gasteiger partial charge is 0.433 e. The fourth-order valence-corrected chi connectivity index (χ4v) is 1.76. The van der Waals surface area contributed by atoms with Crippen LogP contribution in [0.2, 0.25) is 0 Å². The Morgan fingerprint density at radius 2 is 1.71 bits per heavy atom. The number of hydrogen-bond donors (Lipinski definition) is 1. The van der Waals surface area contributed by atoms with Crippen LogP contribution in [-0.2, 0) is 19.4 Å². The van der Waals surface area contributed by atoms with Crippen molar-refractivity contribution in [1.82, 2.24) is 9.55 Å².